The lowest BCUT2D eigenvalue weighted by Crippen LogP contribution is -2.40. The molecule has 1 aliphatic rings. The number of anilines is 1. The minimum atomic E-state index is -0.697. The van der Waals surface area contributed by atoms with E-state index < -0.39 is 6.10 Å². The van der Waals surface area contributed by atoms with Crippen LogP contribution in [0.2, 0.25) is 0 Å². The number of ether oxygens (including phenoxy) is 1. The van der Waals surface area contributed by atoms with Gasteiger partial charge in [0.15, 0.2) is 6.10 Å². The molecule has 0 aliphatic carbocycles. The lowest BCUT2D eigenvalue weighted by atomic mass is 9.87. The molecule has 4 aromatic carbocycles. The highest BCUT2D eigenvalue weighted by atomic mass is 16.5. The number of aryl methyl sites for hydroxylation is 2. The molecule has 5 nitrogen and oxygen atoms in total. The lowest BCUT2D eigenvalue weighted by Gasteiger charge is -2.38. The molecule has 1 aliphatic heterocycles. The predicted molar refractivity (Wildman–Crippen MR) is 151 cm³/mol. The second-order valence-electron chi connectivity index (χ2n) is 9.91. The van der Waals surface area contributed by atoms with E-state index in [1.807, 2.05) is 84.6 Å². The molecule has 4 aromatic rings. The first kappa shape index (κ1) is 25.3. The molecule has 0 aromatic heterocycles. The second-order valence-corrected chi connectivity index (χ2v) is 9.91. The molecule has 0 spiro atoms. The normalized spacial score (nSPS) is 15.3. The van der Waals surface area contributed by atoms with Crippen LogP contribution in [-0.2, 0) is 11.2 Å². The number of hydrogen-bond donors (Lipinski definition) is 1. The summed E-state index contributed by atoms with van der Waals surface area (Å²) in [6.45, 7) is 6.43. The van der Waals surface area contributed by atoms with Gasteiger partial charge in [0, 0.05) is 17.8 Å². The predicted octanol–water partition coefficient (Wildman–Crippen LogP) is 6.50. The smallest absolute Gasteiger partial charge is 0.265 e. The molecular weight excluding hydrogens is 472 g/mol. The molecule has 1 heterocycles. The van der Waals surface area contributed by atoms with Crippen LogP contribution in [0.5, 0.6) is 5.75 Å². The number of carbonyl (C=O) groups is 2. The number of benzene rings is 4. The van der Waals surface area contributed by atoms with Gasteiger partial charge in [0.05, 0.1) is 6.04 Å². The van der Waals surface area contributed by atoms with Crippen molar-refractivity contribution in [1.82, 2.24) is 4.90 Å². The van der Waals surface area contributed by atoms with Crippen LogP contribution in [0.3, 0.4) is 0 Å². The lowest BCUT2D eigenvalue weighted by molar-refractivity contribution is -0.122. The Morgan fingerprint density at radius 1 is 0.868 bits per heavy atom. The average molecular weight is 505 g/mol. The summed E-state index contributed by atoms with van der Waals surface area (Å²) in [7, 11) is 0. The standard InChI is InChI=1S/C33H32N2O3/c1-22-12-15-28(16-13-22)34-32(36)24(3)38-29-17-14-25-18-19-35(33(37)26-9-5-4-6-10-26)31(30(25)21-29)27-11-7-8-23(2)20-27/h4-17,20-21,24,31H,18-19H2,1-3H3,(H,34,36). The summed E-state index contributed by atoms with van der Waals surface area (Å²) in [5, 5.41) is 2.92. The SMILES string of the molecule is Cc1ccc(NC(=O)C(C)Oc2ccc3c(c2)C(c2cccc(C)c2)N(C(=O)c2ccccc2)CC3)cc1. The number of nitrogens with one attached hydrogen (secondary N) is 1. The van der Waals surface area contributed by atoms with E-state index in [0.717, 1.165) is 34.4 Å². The van der Waals surface area contributed by atoms with E-state index in [4.69, 9.17) is 4.74 Å². The molecule has 2 amide bonds. The largest absolute Gasteiger partial charge is 0.481 e. The molecule has 5 rings (SSSR count). The number of carbonyl (C=O) groups excluding carboxylic acids is 2. The third-order valence-corrected chi connectivity index (χ3v) is 6.99. The van der Waals surface area contributed by atoms with Crippen molar-refractivity contribution in [2.75, 3.05) is 11.9 Å². The Labute approximate surface area is 224 Å². The molecule has 0 radical (unpaired) electrons. The fraction of sp³-hybridized carbons (Fsp3) is 0.212. The minimum absolute atomic E-state index is 0.0000729. The van der Waals surface area contributed by atoms with Gasteiger partial charge in [-0.05, 0) is 80.3 Å². The van der Waals surface area contributed by atoms with E-state index in [9.17, 15) is 9.59 Å². The van der Waals surface area contributed by atoms with Crippen LogP contribution >= 0.6 is 0 Å². The fourth-order valence-electron chi connectivity index (χ4n) is 4.97. The molecule has 0 saturated heterocycles. The number of rotatable bonds is 6. The molecule has 192 valence electrons. The Kier molecular flexibility index (Phi) is 7.27. The van der Waals surface area contributed by atoms with Crippen molar-refractivity contribution in [3.63, 3.8) is 0 Å². The maximum Gasteiger partial charge on any atom is 0.265 e. The van der Waals surface area contributed by atoms with Gasteiger partial charge in [0.25, 0.3) is 11.8 Å². The number of nitrogens with zero attached hydrogens (tertiary/aromatic N) is 1. The summed E-state index contributed by atoms with van der Waals surface area (Å²) in [4.78, 5) is 28.4. The molecule has 5 heteroatoms. The van der Waals surface area contributed by atoms with Gasteiger partial charge in [-0.3, -0.25) is 9.59 Å². The first-order chi connectivity index (χ1) is 18.4. The number of fused-ring (bicyclic) bond motifs is 1. The summed E-state index contributed by atoms with van der Waals surface area (Å²) in [5.41, 5.74) is 6.92. The average Bonchev–Trinajstić information content (AvgIpc) is 2.93. The van der Waals surface area contributed by atoms with Crippen LogP contribution in [0.25, 0.3) is 0 Å². The number of hydrogen-bond acceptors (Lipinski definition) is 3. The molecule has 1 N–H and O–H groups in total. The van der Waals surface area contributed by atoms with Crippen molar-refractivity contribution >= 4 is 17.5 Å². The van der Waals surface area contributed by atoms with E-state index in [2.05, 4.69) is 36.5 Å². The van der Waals surface area contributed by atoms with Crippen molar-refractivity contribution in [1.29, 1.82) is 0 Å². The second kappa shape index (κ2) is 10.9. The Morgan fingerprint density at radius 3 is 2.37 bits per heavy atom. The quantitative estimate of drug-likeness (QED) is 0.326. The van der Waals surface area contributed by atoms with Gasteiger partial charge >= 0.3 is 0 Å². The van der Waals surface area contributed by atoms with Gasteiger partial charge in [-0.15, -0.1) is 0 Å². The third kappa shape index (κ3) is 5.47. The first-order valence-electron chi connectivity index (χ1n) is 13.0. The highest BCUT2D eigenvalue weighted by Gasteiger charge is 2.33. The molecular formula is C33H32N2O3. The maximum absolute atomic E-state index is 13.7. The van der Waals surface area contributed by atoms with Crippen LogP contribution in [-0.4, -0.2) is 29.4 Å². The Bertz CT molecular complexity index is 1450. The van der Waals surface area contributed by atoms with Crippen molar-refractivity contribution in [3.8, 4) is 5.75 Å². The van der Waals surface area contributed by atoms with Gasteiger partial charge in [0.1, 0.15) is 5.75 Å². The van der Waals surface area contributed by atoms with Crippen molar-refractivity contribution < 1.29 is 14.3 Å². The highest BCUT2D eigenvalue weighted by molar-refractivity contribution is 5.95. The Morgan fingerprint density at radius 2 is 1.63 bits per heavy atom. The molecule has 2 atom stereocenters. The summed E-state index contributed by atoms with van der Waals surface area (Å²) in [5.74, 6) is 0.379. The summed E-state index contributed by atoms with van der Waals surface area (Å²) >= 11 is 0. The number of amides is 2. The Hall–Kier alpha value is -4.38. The zero-order valence-corrected chi connectivity index (χ0v) is 22.0. The zero-order valence-electron chi connectivity index (χ0n) is 22.0. The fourth-order valence-corrected chi connectivity index (χ4v) is 4.97. The summed E-state index contributed by atoms with van der Waals surface area (Å²) < 4.78 is 6.11. The molecule has 0 fully saturated rings. The monoisotopic (exact) mass is 504 g/mol. The zero-order chi connectivity index (χ0) is 26.6. The van der Waals surface area contributed by atoms with Crippen molar-refractivity contribution in [2.24, 2.45) is 0 Å². The van der Waals surface area contributed by atoms with E-state index in [1.165, 1.54) is 5.56 Å². The van der Waals surface area contributed by atoms with Crippen LogP contribution in [0, 0.1) is 13.8 Å². The van der Waals surface area contributed by atoms with Crippen molar-refractivity contribution in [2.45, 2.75) is 39.3 Å². The van der Waals surface area contributed by atoms with Crippen LogP contribution in [0.4, 0.5) is 5.69 Å². The summed E-state index contributed by atoms with van der Waals surface area (Å²) in [6, 6.07) is 31.1. The third-order valence-electron chi connectivity index (χ3n) is 6.99. The van der Waals surface area contributed by atoms with Gasteiger partial charge in [0.2, 0.25) is 0 Å². The van der Waals surface area contributed by atoms with Gasteiger partial charge in [-0.2, -0.15) is 0 Å². The topological polar surface area (TPSA) is 58.6 Å². The van der Waals surface area contributed by atoms with Crippen LogP contribution < -0.4 is 10.1 Å². The Balaban J connectivity index is 1.44. The maximum atomic E-state index is 13.7. The first-order valence-corrected chi connectivity index (χ1v) is 13.0. The van der Waals surface area contributed by atoms with Crippen molar-refractivity contribution in [3.05, 3.63) is 130 Å². The molecule has 2 unspecified atom stereocenters. The summed E-state index contributed by atoms with van der Waals surface area (Å²) in [6.07, 6.45) is 0.0531. The van der Waals surface area contributed by atoms with Crippen LogP contribution in [0.15, 0.2) is 97.1 Å². The van der Waals surface area contributed by atoms with E-state index in [0.29, 0.717) is 17.9 Å². The van der Waals surface area contributed by atoms with Gasteiger partial charge < -0.3 is 15.0 Å². The van der Waals surface area contributed by atoms with E-state index in [-0.39, 0.29) is 17.9 Å². The van der Waals surface area contributed by atoms with E-state index >= 15 is 0 Å². The van der Waals surface area contributed by atoms with Crippen LogP contribution in [0.1, 0.15) is 51.1 Å². The molecule has 0 bridgehead atoms. The van der Waals surface area contributed by atoms with Gasteiger partial charge in [-0.25, -0.2) is 0 Å². The van der Waals surface area contributed by atoms with E-state index in [1.54, 1.807) is 6.92 Å². The highest BCUT2D eigenvalue weighted by Crippen LogP contribution is 2.38. The molecule has 38 heavy (non-hydrogen) atoms. The minimum Gasteiger partial charge on any atom is -0.481 e. The molecule has 0 saturated carbocycles. The van der Waals surface area contributed by atoms with Gasteiger partial charge in [-0.1, -0.05) is 71.8 Å².